The van der Waals surface area contributed by atoms with Crippen LogP contribution in [0.15, 0.2) is 202 Å². The van der Waals surface area contributed by atoms with Crippen LogP contribution in [-0.4, -0.2) is 214 Å². The SMILES string of the molecule is C#Cc1cc(C(=C)Cc2ccc(CN3CCN(C)CC3)c(C(F)(F)F)c2)ccc1C.C=C(Cc1ccc(CN2CCN(C)CC2)c(C(F)(F)F)c1)c1ccc(C)cc1.C=C(Cc1ccc(CN2CCN(C)CC2)c(C(F)(F)F)c1)c1ccc(OC)c(C#Cc2cnc3cccnn23)c1.Cc1ccc(C(=O)N2CCN(C)CC2)cc1C#Cc1cnc2cccnn12. The first kappa shape index (κ1) is 92.2. The van der Waals surface area contributed by atoms with Gasteiger partial charge in [-0.1, -0.05) is 128 Å². The Hall–Kier alpha value is -12.0. The number of likely N-dealkylation sites (N-methyl/N-ethyl adjacent to an activating group) is 4. The molecule has 4 aromatic heterocycles. The maximum Gasteiger partial charge on any atom is 0.416 e. The molecule has 7 aromatic carbocycles. The van der Waals surface area contributed by atoms with Crippen molar-refractivity contribution < 1.29 is 49.0 Å². The molecule has 15 rings (SSSR count). The Morgan fingerprint density at radius 1 is 0.416 bits per heavy atom. The van der Waals surface area contributed by atoms with Gasteiger partial charge in [0.05, 0.1) is 41.8 Å². The number of piperazine rings is 4. The number of alkyl halides is 9. The third-order valence-electron chi connectivity index (χ3n) is 23.0. The molecular weight excluding hydrogens is 1600 g/mol. The fraction of sp³-hybridized carbons (Fsp3) is 0.330. The molecule has 0 atom stereocenters. The van der Waals surface area contributed by atoms with Crippen LogP contribution in [0.4, 0.5) is 39.5 Å². The fourth-order valence-corrected chi connectivity index (χ4v) is 15.2. The Kier molecular flexibility index (Phi) is 30.8. The maximum absolute atomic E-state index is 14.1. The summed E-state index contributed by atoms with van der Waals surface area (Å²) in [7, 11) is 9.73. The fourth-order valence-electron chi connectivity index (χ4n) is 15.2. The van der Waals surface area contributed by atoms with Gasteiger partial charge < -0.3 is 29.2 Å². The summed E-state index contributed by atoms with van der Waals surface area (Å²) in [6, 6.07) is 46.2. The third-order valence-corrected chi connectivity index (χ3v) is 23.0. The third kappa shape index (κ3) is 25.2. The molecule has 25 heteroatoms. The minimum atomic E-state index is -4.44. The van der Waals surface area contributed by atoms with Gasteiger partial charge in [-0.2, -0.15) is 49.7 Å². The van der Waals surface area contributed by atoms with Gasteiger partial charge in [-0.25, -0.2) is 19.0 Å². The molecule has 4 fully saturated rings. The van der Waals surface area contributed by atoms with Crippen molar-refractivity contribution in [1.82, 2.24) is 68.4 Å². The number of nitrogens with zero attached hydrogens (tertiary/aromatic N) is 14. The molecule has 0 radical (unpaired) electrons. The first-order chi connectivity index (χ1) is 59.7. The van der Waals surface area contributed by atoms with Crippen molar-refractivity contribution in [3.8, 4) is 41.8 Å². The van der Waals surface area contributed by atoms with Crippen LogP contribution in [0.3, 0.4) is 0 Å². The minimum Gasteiger partial charge on any atom is -0.495 e. The predicted molar refractivity (Wildman–Crippen MR) is 477 cm³/mol. The number of halogens is 9. The summed E-state index contributed by atoms with van der Waals surface area (Å²) in [5, 5.41) is 8.55. The Labute approximate surface area is 726 Å². The van der Waals surface area contributed by atoms with Crippen LogP contribution in [0, 0.1) is 56.8 Å². The van der Waals surface area contributed by atoms with Crippen LogP contribution in [0.2, 0.25) is 0 Å². The van der Waals surface area contributed by atoms with Gasteiger partial charge in [0.1, 0.15) is 17.1 Å². The number of hydrogen-bond donors (Lipinski definition) is 0. The number of carbonyl (C=O) groups is 1. The molecule has 0 spiro atoms. The number of methoxy groups -OCH3 is 1. The molecule has 16 nitrogen and oxygen atoms in total. The number of benzene rings is 7. The van der Waals surface area contributed by atoms with Gasteiger partial charge in [0.25, 0.3) is 5.91 Å². The Morgan fingerprint density at radius 2 is 0.768 bits per heavy atom. The second kappa shape index (κ2) is 41.7. The van der Waals surface area contributed by atoms with E-state index in [2.05, 4.69) is 111 Å². The van der Waals surface area contributed by atoms with E-state index in [0.717, 1.165) is 172 Å². The average Bonchev–Trinajstić information content (AvgIpc) is 1.03. The highest BCUT2D eigenvalue weighted by atomic mass is 19.4. The van der Waals surface area contributed by atoms with E-state index in [1.165, 1.54) is 18.2 Å². The van der Waals surface area contributed by atoms with Gasteiger partial charge in [0.2, 0.25) is 0 Å². The molecule has 0 unspecified atom stereocenters. The monoisotopic (exact) mass is 1700 g/mol. The largest absolute Gasteiger partial charge is 0.495 e. The van der Waals surface area contributed by atoms with Crippen LogP contribution in [0.1, 0.15) is 122 Å². The average molecular weight is 1710 g/mol. The van der Waals surface area contributed by atoms with E-state index in [0.29, 0.717) is 93.1 Å². The van der Waals surface area contributed by atoms with Crippen LogP contribution in [0.25, 0.3) is 28.0 Å². The molecule has 650 valence electrons. The Bertz CT molecular complexity index is 5830. The molecule has 4 aliphatic heterocycles. The zero-order chi connectivity index (χ0) is 89.3. The lowest BCUT2D eigenvalue weighted by Gasteiger charge is -2.33. The van der Waals surface area contributed by atoms with E-state index in [4.69, 9.17) is 11.2 Å². The van der Waals surface area contributed by atoms with Gasteiger partial charge in [-0.3, -0.25) is 19.5 Å². The van der Waals surface area contributed by atoms with Crippen molar-refractivity contribution in [2.45, 2.75) is 78.2 Å². The van der Waals surface area contributed by atoms with Crippen LogP contribution in [-0.2, 0) is 57.4 Å². The van der Waals surface area contributed by atoms with E-state index < -0.39 is 35.2 Å². The zero-order valence-electron chi connectivity index (χ0n) is 72.1. The van der Waals surface area contributed by atoms with Crippen molar-refractivity contribution in [3.05, 3.63) is 319 Å². The summed E-state index contributed by atoms with van der Waals surface area (Å²) in [5.74, 6) is 15.8. The number of aromatic nitrogens is 6. The van der Waals surface area contributed by atoms with E-state index in [-0.39, 0.29) is 18.9 Å². The minimum absolute atomic E-state index is 0.0719. The second-order valence-electron chi connectivity index (χ2n) is 32.5. The van der Waals surface area contributed by atoms with Crippen LogP contribution >= 0.6 is 0 Å². The highest BCUT2D eigenvalue weighted by molar-refractivity contribution is 5.95. The smallest absolute Gasteiger partial charge is 0.416 e. The number of imidazole rings is 2. The molecule has 4 saturated heterocycles. The number of terminal acetylenes is 1. The Balaban J connectivity index is 0.000000154. The number of ether oxygens (including phenoxy) is 1. The van der Waals surface area contributed by atoms with E-state index >= 15 is 0 Å². The lowest BCUT2D eigenvalue weighted by Crippen LogP contribution is -2.47. The first-order valence-electron chi connectivity index (χ1n) is 41.6. The highest BCUT2D eigenvalue weighted by Crippen LogP contribution is 2.39. The number of hydrogen-bond acceptors (Lipinski definition) is 13. The molecule has 0 N–H and O–H groups in total. The summed E-state index contributed by atoms with van der Waals surface area (Å²) in [6.07, 6.45) is 0.0918. The summed E-state index contributed by atoms with van der Waals surface area (Å²) >= 11 is 0. The van der Waals surface area contributed by atoms with Gasteiger partial charge >= 0.3 is 18.5 Å². The van der Waals surface area contributed by atoms with E-state index in [1.54, 1.807) is 89.5 Å². The van der Waals surface area contributed by atoms with Gasteiger partial charge in [0, 0.05) is 153 Å². The quantitative estimate of drug-likeness (QED) is 0.0637. The summed E-state index contributed by atoms with van der Waals surface area (Å²) < 4.78 is 133. The predicted octanol–water partition coefficient (Wildman–Crippen LogP) is 17.0. The molecule has 11 aromatic rings. The molecular formula is C100H105F9N14O2. The lowest BCUT2D eigenvalue weighted by molar-refractivity contribution is -0.139. The lowest BCUT2D eigenvalue weighted by atomic mass is 9.94. The van der Waals surface area contributed by atoms with Crippen molar-refractivity contribution in [1.29, 1.82) is 0 Å². The molecule has 0 bridgehead atoms. The summed E-state index contributed by atoms with van der Waals surface area (Å²) in [4.78, 5) is 38.4. The maximum atomic E-state index is 14.1. The highest BCUT2D eigenvalue weighted by Gasteiger charge is 2.37. The van der Waals surface area contributed by atoms with Gasteiger partial charge in [0.15, 0.2) is 11.3 Å². The van der Waals surface area contributed by atoms with E-state index in [9.17, 15) is 44.3 Å². The van der Waals surface area contributed by atoms with Crippen LogP contribution in [0.5, 0.6) is 5.75 Å². The molecule has 8 heterocycles. The molecule has 4 aliphatic rings. The number of amides is 1. The molecule has 1 amide bonds. The first-order valence-corrected chi connectivity index (χ1v) is 41.6. The van der Waals surface area contributed by atoms with Gasteiger partial charge in [-0.05, 0) is 231 Å². The van der Waals surface area contributed by atoms with Crippen molar-refractivity contribution >= 4 is 33.9 Å². The zero-order valence-corrected chi connectivity index (χ0v) is 72.1. The van der Waals surface area contributed by atoms with Crippen LogP contribution < -0.4 is 4.74 Å². The normalized spacial score (nSPS) is 15.3. The number of carbonyl (C=O) groups excluding carboxylic acids is 1. The number of fused-ring (bicyclic) bond motifs is 2. The number of aryl methyl sites for hydroxylation is 3. The summed E-state index contributed by atoms with van der Waals surface area (Å²) in [6.45, 7) is 32.4. The van der Waals surface area contributed by atoms with Crippen molar-refractivity contribution in [2.24, 2.45) is 0 Å². The van der Waals surface area contributed by atoms with Crippen molar-refractivity contribution in [2.75, 3.05) is 140 Å². The molecule has 0 aliphatic carbocycles. The standard InChI is InChI=1S/C31H30F3N5O.C25H27F3N2.C23H27F3N2.C21H21N5O/c1-22(17-23-6-7-26(28(18-23)31(32,33)34)21-38-15-13-37(2)14-16-38)24-9-11-29(40-3)25(19-24)8-10-27-20-35-30-5-4-12-36-39(27)30;1-5-21-16-22(8-6-18(21)2)19(3)14-20-7-9-23(24(15-20)25(26,27)28)17-30-12-10-29(4)11-13-30;1-17-4-7-20(8-5-17)18(2)14-19-6-9-21(22(15-19)23(24,25)26)16-28-12-10-27(3)11-13-28;1-16-5-6-18(21(27)25-12-10-24(2)11-13-25)14-17(16)7-8-19-15-22-20-4-3-9-23-26(19)20/h4-7,9,11-12,18-20H,1,13-17,21H2,2-3H3;1,6-9,15-16H,3,10-14,17H2,2,4H3;4-9,15H,2,10-14,16H2,1,3H3;3-6,9,14-15H,10-13H2,1-2H3. The molecule has 125 heavy (non-hydrogen) atoms. The van der Waals surface area contributed by atoms with E-state index in [1.807, 2.05) is 138 Å². The number of rotatable bonds is 17. The second-order valence-corrected chi connectivity index (χ2v) is 32.5. The van der Waals surface area contributed by atoms with Crippen molar-refractivity contribution in [3.63, 3.8) is 0 Å². The molecule has 0 saturated carbocycles. The van der Waals surface area contributed by atoms with Gasteiger partial charge in [-0.15, -0.1) is 6.42 Å². The Morgan fingerprint density at radius 3 is 1.17 bits per heavy atom. The summed E-state index contributed by atoms with van der Waals surface area (Å²) in [5.41, 5.74) is 14.8. The topological polar surface area (TPSA) is 113 Å². The number of allylic oxidation sites excluding steroid dienone is 3.